The highest BCUT2D eigenvalue weighted by atomic mass is 16.2. The van der Waals surface area contributed by atoms with Gasteiger partial charge in [-0.1, -0.05) is 41.5 Å². The highest BCUT2D eigenvalue weighted by molar-refractivity contribution is 5.81. The number of piperidine rings is 1. The van der Waals surface area contributed by atoms with Gasteiger partial charge in [-0.2, -0.15) is 0 Å². The maximum Gasteiger partial charge on any atom is 0.225 e. The van der Waals surface area contributed by atoms with Crippen molar-refractivity contribution in [2.45, 2.75) is 79.3 Å². The zero-order valence-electron chi connectivity index (χ0n) is 14.8. The third-order valence-corrected chi connectivity index (χ3v) is 4.55. The van der Waals surface area contributed by atoms with Crippen molar-refractivity contribution in [1.82, 2.24) is 10.2 Å². The first kappa shape index (κ1) is 16.8. The predicted molar refractivity (Wildman–Crippen MR) is 88.2 cm³/mol. The van der Waals surface area contributed by atoms with Gasteiger partial charge in [-0.15, -0.1) is 0 Å². The molecule has 122 valence electrons. The lowest BCUT2D eigenvalue weighted by molar-refractivity contribution is -0.129. The molecule has 1 saturated carbocycles. The molecule has 0 aromatic heterocycles. The Morgan fingerprint density at radius 2 is 1.71 bits per heavy atom. The van der Waals surface area contributed by atoms with Crippen molar-refractivity contribution in [2.75, 3.05) is 13.1 Å². The van der Waals surface area contributed by atoms with E-state index in [0.717, 1.165) is 19.0 Å². The lowest BCUT2D eigenvalue weighted by Gasteiger charge is -2.41. The first-order valence-electron chi connectivity index (χ1n) is 8.59. The van der Waals surface area contributed by atoms with Gasteiger partial charge in [0.05, 0.1) is 0 Å². The molecule has 3 nitrogen and oxygen atoms in total. The van der Waals surface area contributed by atoms with Gasteiger partial charge in [0, 0.05) is 30.6 Å². The Morgan fingerprint density at radius 3 is 2.19 bits per heavy atom. The van der Waals surface area contributed by atoms with Crippen LogP contribution in [0.1, 0.15) is 67.2 Å². The van der Waals surface area contributed by atoms with Gasteiger partial charge in [0.25, 0.3) is 0 Å². The van der Waals surface area contributed by atoms with E-state index in [-0.39, 0.29) is 11.3 Å². The summed E-state index contributed by atoms with van der Waals surface area (Å²) >= 11 is 0. The minimum absolute atomic E-state index is 0.194. The standard InChI is InChI=1S/C18H34N2O/c1-17(2,3)10-13-9-14(19-16(21)18(4,5)6)12-20(11-13)15-7-8-15/h13-15H,7-12H2,1-6H3,(H,19,21). The van der Waals surface area contributed by atoms with Gasteiger partial charge in [-0.25, -0.2) is 0 Å². The second-order valence-electron chi connectivity index (χ2n) is 9.47. The number of amides is 1. The van der Waals surface area contributed by atoms with Crippen LogP contribution >= 0.6 is 0 Å². The number of carbonyl (C=O) groups excluding carboxylic acids is 1. The maximum atomic E-state index is 12.3. The molecule has 2 aliphatic rings. The van der Waals surface area contributed by atoms with E-state index in [1.54, 1.807) is 0 Å². The van der Waals surface area contributed by atoms with E-state index in [0.29, 0.717) is 17.4 Å². The topological polar surface area (TPSA) is 32.3 Å². The molecule has 1 heterocycles. The Balaban J connectivity index is 1.98. The van der Waals surface area contributed by atoms with E-state index < -0.39 is 0 Å². The molecule has 0 spiro atoms. The first-order chi connectivity index (χ1) is 9.54. The van der Waals surface area contributed by atoms with Crippen molar-refractivity contribution in [3.8, 4) is 0 Å². The summed E-state index contributed by atoms with van der Waals surface area (Å²) in [6.45, 7) is 15.2. The summed E-state index contributed by atoms with van der Waals surface area (Å²) < 4.78 is 0. The molecular weight excluding hydrogens is 260 g/mol. The summed E-state index contributed by atoms with van der Waals surface area (Å²) in [6.07, 6.45) is 5.09. The number of hydrogen-bond donors (Lipinski definition) is 1. The van der Waals surface area contributed by atoms with Crippen LogP contribution in [0.3, 0.4) is 0 Å². The van der Waals surface area contributed by atoms with Crippen LogP contribution < -0.4 is 5.32 Å². The minimum atomic E-state index is -0.290. The molecular formula is C18H34N2O. The number of nitrogens with one attached hydrogen (secondary N) is 1. The van der Waals surface area contributed by atoms with Gasteiger partial charge < -0.3 is 5.32 Å². The fourth-order valence-electron chi connectivity index (χ4n) is 3.50. The summed E-state index contributed by atoms with van der Waals surface area (Å²) in [6, 6.07) is 1.13. The summed E-state index contributed by atoms with van der Waals surface area (Å²) in [5, 5.41) is 3.31. The van der Waals surface area contributed by atoms with Gasteiger partial charge >= 0.3 is 0 Å². The van der Waals surface area contributed by atoms with Gasteiger partial charge in [-0.3, -0.25) is 9.69 Å². The van der Waals surface area contributed by atoms with E-state index in [1.807, 2.05) is 20.8 Å². The molecule has 1 N–H and O–H groups in total. The van der Waals surface area contributed by atoms with E-state index in [1.165, 1.54) is 25.8 Å². The average Bonchev–Trinajstić information content (AvgIpc) is 3.08. The second kappa shape index (κ2) is 5.91. The average molecular weight is 294 g/mol. The van der Waals surface area contributed by atoms with Crippen LogP contribution in [0, 0.1) is 16.7 Å². The lowest BCUT2D eigenvalue weighted by atomic mass is 9.79. The Labute approximate surface area is 130 Å². The summed E-state index contributed by atoms with van der Waals surface area (Å²) in [5.41, 5.74) is 0.0806. The third kappa shape index (κ3) is 5.28. The zero-order valence-corrected chi connectivity index (χ0v) is 14.8. The second-order valence-corrected chi connectivity index (χ2v) is 9.47. The Morgan fingerprint density at radius 1 is 1.10 bits per heavy atom. The molecule has 1 aliphatic carbocycles. The summed E-state index contributed by atoms with van der Waals surface area (Å²) in [5.74, 6) is 0.907. The molecule has 21 heavy (non-hydrogen) atoms. The largest absolute Gasteiger partial charge is 0.352 e. The fourth-order valence-corrected chi connectivity index (χ4v) is 3.50. The monoisotopic (exact) mass is 294 g/mol. The van der Waals surface area contributed by atoms with Crippen molar-refractivity contribution in [1.29, 1.82) is 0 Å². The van der Waals surface area contributed by atoms with E-state index in [9.17, 15) is 4.79 Å². The quantitative estimate of drug-likeness (QED) is 0.865. The van der Waals surface area contributed by atoms with E-state index in [4.69, 9.17) is 0 Å². The minimum Gasteiger partial charge on any atom is -0.352 e. The first-order valence-corrected chi connectivity index (χ1v) is 8.59. The normalized spacial score (nSPS) is 28.5. The molecule has 1 amide bonds. The molecule has 0 bridgehead atoms. The van der Waals surface area contributed by atoms with Crippen LogP contribution in [0.4, 0.5) is 0 Å². The molecule has 0 aromatic rings. The number of carbonyl (C=O) groups is 1. The number of nitrogens with zero attached hydrogens (tertiary/aromatic N) is 1. The molecule has 2 rings (SSSR count). The molecule has 2 fully saturated rings. The Kier molecular flexibility index (Phi) is 4.72. The van der Waals surface area contributed by atoms with Crippen molar-refractivity contribution < 1.29 is 4.79 Å². The third-order valence-electron chi connectivity index (χ3n) is 4.55. The lowest BCUT2D eigenvalue weighted by Crippen LogP contribution is -2.53. The van der Waals surface area contributed by atoms with Crippen molar-refractivity contribution in [3.05, 3.63) is 0 Å². The smallest absolute Gasteiger partial charge is 0.225 e. The van der Waals surface area contributed by atoms with Crippen LogP contribution in [-0.4, -0.2) is 36.0 Å². The maximum absolute atomic E-state index is 12.3. The number of rotatable bonds is 3. The zero-order chi connectivity index (χ0) is 15.8. The molecule has 2 unspecified atom stereocenters. The summed E-state index contributed by atoms with van der Waals surface area (Å²) in [7, 11) is 0. The SMILES string of the molecule is CC(C)(C)CC1CC(NC(=O)C(C)(C)C)CN(C2CC2)C1. The van der Waals surface area contributed by atoms with E-state index >= 15 is 0 Å². The van der Waals surface area contributed by atoms with Gasteiger partial charge in [0.2, 0.25) is 5.91 Å². The molecule has 0 radical (unpaired) electrons. The van der Waals surface area contributed by atoms with Crippen LogP contribution in [0.2, 0.25) is 0 Å². The molecule has 3 heteroatoms. The van der Waals surface area contributed by atoms with Crippen LogP contribution in [-0.2, 0) is 4.79 Å². The van der Waals surface area contributed by atoms with Crippen LogP contribution in [0.5, 0.6) is 0 Å². The number of hydrogen-bond acceptors (Lipinski definition) is 2. The van der Waals surface area contributed by atoms with Crippen LogP contribution in [0.25, 0.3) is 0 Å². The van der Waals surface area contributed by atoms with Gasteiger partial charge in [-0.05, 0) is 37.0 Å². The highest BCUT2D eigenvalue weighted by Crippen LogP contribution is 2.35. The number of likely N-dealkylation sites (tertiary alicyclic amines) is 1. The molecule has 1 saturated heterocycles. The van der Waals surface area contributed by atoms with Gasteiger partial charge in [0.1, 0.15) is 0 Å². The fraction of sp³-hybridized carbons (Fsp3) is 0.944. The van der Waals surface area contributed by atoms with Crippen molar-refractivity contribution >= 4 is 5.91 Å². The highest BCUT2D eigenvalue weighted by Gasteiger charge is 2.38. The van der Waals surface area contributed by atoms with Gasteiger partial charge in [0.15, 0.2) is 0 Å². The van der Waals surface area contributed by atoms with E-state index in [2.05, 4.69) is 31.0 Å². The van der Waals surface area contributed by atoms with Crippen molar-refractivity contribution in [2.24, 2.45) is 16.7 Å². The van der Waals surface area contributed by atoms with Crippen LogP contribution in [0.15, 0.2) is 0 Å². The van der Waals surface area contributed by atoms with Crippen molar-refractivity contribution in [3.63, 3.8) is 0 Å². The molecule has 0 aromatic carbocycles. The Hall–Kier alpha value is -0.570. The Bertz CT molecular complexity index is 374. The molecule has 1 aliphatic heterocycles. The summed E-state index contributed by atoms with van der Waals surface area (Å²) in [4.78, 5) is 14.9. The molecule has 2 atom stereocenters. The predicted octanol–water partition coefficient (Wildman–Crippen LogP) is 3.44.